The molecule has 0 bridgehead atoms. The lowest BCUT2D eigenvalue weighted by Gasteiger charge is -1.37. The van der Waals surface area contributed by atoms with Crippen LogP contribution in [0.4, 0.5) is 0 Å². The number of hydrogen-bond donors (Lipinski definition) is 0. The summed E-state index contributed by atoms with van der Waals surface area (Å²) in [4.78, 5) is 0. The Morgan fingerprint density at radius 2 is 2.25 bits per heavy atom. The molecule has 0 aromatic rings. The smallest absolute Gasteiger partial charge is 0.0424 e. The van der Waals surface area contributed by atoms with Crippen LogP contribution in [0.1, 0.15) is 6.92 Å². The van der Waals surface area contributed by atoms with E-state index in [9.17, 15) is 0 Å². The summed E-state index contributed by atoms with van der Waals surface area (Å²) in [6.07, 6.45) is 0. The third-order valence-electron chi connectivity index (χ3n) is 0.118. The lowest BCUT2D eigenvalue weighted by Crippen LogP contribution is -1.27. The molecule has 0 spiro atoms. The monoisotopic (exact) mass is 92.0 g/mol. The van der Waals surface area contributed by atoms with Gasteiger partial charge in [-0.1, -0.05) is 24.6 Å². The molecule has 2 heteroatoms. The van der Waals surface area contributed by atoms with Gasteiger partial charge in [0.25, 0.3) is 0 Å². The van der Waals surface area contributed by atoms with Gasteiger partial charge in [-0.15, -0.1) is 0 Å². The zero-order valence-electron chi connectivity index (χ0n) is 2.49. The minimum absolute atomic E-state index is 0.599. The molecule has 1 unspecified atom stereocenters. The van der Waals surface area contributed by atoms with Gasteiger partial charge >= 0.3 is 0 Å². The molecule has 0 aromatic heterocycles. The molecule has 0 radical (unpaired) electrons. The molecule has 0 nitrogen and oxygen atoms in total. The predicted octanol–water partition coefficient (Wildman–Crippen LogP) is 0.949. The van der Waals surface area contributed by atoms with Gasteiger partial charge in [0.05, 0.1) is 0 Å². The lowest BCUT2D eigenvalue weighted by atomic mass is 11.0. The molecule has 0 rings (SSSR count). The molecule has 0 fully saturated rings. The molecule has 0 aliphatic heterocycles. The molecule has 0 amide bonds. The Labute approximate surface area is 32.3 Å². The maximum atomic E-state index is 4.53. The summed E-state index contributed by atoms with van der Waals surface area (Å²) in [6, 6.07) is 0. The van der Waals surface area contributed by atoms with Crippen molar-refractivity contribution in [3.8, 4) is 0 Å². The molecule has 0 saturated carbocycles. The van der Waals surface area contributed by atoms with E-state index in [-0.39, 0.29) is 0 Å². The average Bonchev–Trinajstić information content (AvgIpc) is 1.37. The normalized spacial score (nSPS) is 7.25. The topological polar surface area (TPSA) is 0 Å². The zero-order valence-corrected chi connectivity index (χ0v) is 4.30. The van der Waals surface area contributed by atoms with Gasteiger partial charge in [-0.25, -0.2) is 0 Å². The van der Waals surface area contributed by atoms with Crippen molar-refractivity contribution in [2.75, 3.05) is 0 Å². The lowest BCUT2D eigenvalue weighted by molar-refractivity contribution is 2.14. The zero-order chi connectivity index (χ0) is 3.41. The van der Waals surface area contributed by atoms with E-state index in [1.165, 1.54) is 0 Å². The van der Waals surface area contributed by atoms with E-state index in [4.69, 9.17) is 0 Å². The highest BCUT2D eigenvalue weighted by Crippen LogP contribution is 1.60. The van der Waals surface area contributed by atoms with Crippen LogP contribution in [-0.2, 0) is 11.8 Å². The van der Waals surface area contributed by atoms with Crippen LogP contribution >= 0.6 is 6.98 Å². The van der Waals surface area contributed by atoms with E-state index in [2.05, 4.69) is 11.8 Å². The Morgan fingerprint density at radius 3 is 2.25 bits per heavy atom. The maximum absolute atomic E-state index is 4.53. The fourth-order valence-electron chi connectivity index (χ4n) is 0. The molecule has 0 aliphatic rings. The van der Waals surface area contributed by atoms with Crippen LogP contribution in [0.25, 0.3) is 0 Å². The van der Waals surface area contributed by atoms with Crippen molar-refractivity contribution in [2.24, 2.45) is 0 Å². The van der Waals surface area contributed by atoms with Crippen LogP contribution < -0.4 is 0 Å². The molecule has 0 heterocycles. The van der Waals surface area contributed by atoms with Crippen LogP contribution in [0.3, 0.4) is 0 Å². The van der Waals surface area contributed by atoms with Crippen molar-refractivity contribution in [1.29, 1.82) is 0 Å². The average molecular weight is 92.1 g/mol. The molecule has 0 saturated heterocycles. The fourth-order valence-corrected chi connectivity index (χ4v) is 0. The third kappa shape index (κ3) is 2.39. The van der Waals surface area contributed by atoms with Crippen LogP contribution in [0.15, 0.2) is 0 Å². The van der Waals surface area contributed by atoms with E-state index in [0.717, 1.165) is 0 Å². The first-order chi connectivity index (χ1) is 1.91. The Hall–Kier alpha value is 0.390. The highest BCUT2D eigenvalue weighted by atomic mass is 32.4. The minimum atomic E-state index is 0.599. The van der Waals surface area contributed by atoms with Crippen molar-refractivity contribution >= 4 is 24.6 Å². The second kappa shape index (κ2) is 3.39. The van der Waals surface area contributed by atoms with E-state index in [1.807, 2.05) is 12.7 Å². The summed E-state index contributed by atoms with van der Waals surface area (Å²) >= 11 is 4.53. The van der Waals surface area contributed by atoms with Gasteiger partial charge in [0.15, 0.2) is 0 Å². The Balaban J connectivity index is 3.11. The van der Waals surface area contributed by atoms with Crippen molar-refractivity contribution in [2.45, 2.75) is 6.92 Å². The van der Waals surface area contributed by atoms with Gasteiger partial charge < -0.3 is 0 Å². The van der Waals surface area contributed by atoms with Gasteiger partial charge in [0.2, 0.25) is 0 Å². The van der Waals surface area contributed by atoms with Crippen molar-refractivity contribution in [3.05, 3.63) is 0 Å². The third-order valence-corrected chi connectivity index (χ3v) is 1.06. The second-order valence-electron chi connectivity index (χ2n) is 0.407. The van der Waals surface area contributed by atoms with Gasteiger partial charge in [-0.05, 0) is 6.92 Å². The van der Waals surface area contributed by atoms with Crippen molar-refractivity contribution in [3.63, 3.8) is 0 Å². The Bertz CT molecular complexity index is 44.0. The van der Waals surface area contributed by atoms with Gasteiger partial charge in [-0.2, -0.15) is 0 Å². The molecule has 0 aliphatic carbocycles. The predicted molar refractivity (Wildman–Crippen MR) is 27.4 cm³/mol. The van der Waals surface area contributed by atoms with Crippen molar-refractivity contribution < 1.29 is 0 Å². The number of hydrogen-bond acceptors (Lipinski definition) is 1. The standard InChI is InChI=1S/C2H5PS/c1-2-3-4/h2-3H,1H3. The van der Waals surface area contributed by atoms with E-state index in [0.29, 0.717) is 6.98 Å². The SMILES string of the molecule is CC=[PH]=S. The number of rotatable bonds is 0. The summed E-state index contributed by atoms with van der Waals surface area (Å²) in [5.74, 6) is 1.97. The Kier molecular flexibility index (Phi) is 3.72. The summed E-state index contributed by atoms with van der Waals surface area (Å²) in [5, 5.41) is 0. The van der Waals surface area contributed by atoms with E-state index >= 15 is 0 Å². The van der Waals surface area contributed by atoms with Crippen LogP contribution in [-0.4, -0.2) is 5.80 Å². The molecule has 0 N–H and O–H groups in total. The van der Waals surface area contributed by atoms with Crippen LogP contribution in [0.5, 0.6) is 0 Å². The summed E-state index contributed by atoms with van der Waals surface area (Å²) in [7, 11) is 0. The largest absolute Gasteiger partial charge is 0.0758 e. The quantitative estimate of drug-likeness (QED) is 0.401. The molecular weight excluding hydrogens is 87.1 g/mol. The van der Waals surface area contributed by atoms with Gasteiger partial charge in [0, 0.05) is 0 Å². The van der Waals surface area contributed by atoms with E-state index in [1.54, 1.807) is 0 Å². The first kappa shape index (κ1) is 4.39. The maximum Gasteiger partial charge on any atom is -0.0424 e. The first-order valence-corrected chi connectivity index (χ1v) is 3.28. The van der Waals surface area contributed by atoms with Crippen molar-refractivity contribution in [1.82, 2.24) is 0 Å². The van der Waals surface area contributed by atoms with Crippen LogP contribution in [0.2, 0.25) is 0 Å². The van der Waals surface area contributed by atoms with E-state index < -0.39 is 0 Å². The van der Waals surface area contributed by atoms with Crippen LogP contribution in [0, 0.1) is 0 Å². The summed E-state index contributed by atoms with van der Waals surface area (Å²) in [5.41, 5.74) is 0. The second-order valence-corrected chi connectivity index (χ2v) is 1.93. The molecule has 4 heavy (non-hydrogen) atoms. The fraction of sp³-hybridized carbons (Fsp3) is 0.500. The molecule has 24 valence electrons. The summed E-state index contributed by atoms with van der Waals surface area (Å²) < 4.78 is 0. The first-order valence-electron chi connectivity index (χ1n) is 1.07. The van der Waals surface area contributed by atoms with Gasteiger partial charge in [-0.3, -0.25) is 0 Å². The minimum Gasteiger partial charge on any atom is -0.0758 e. The summed E-state index contributed by atoms with van der Waals surface area (Å²) in [6.45, 7) is 2.56. The highest BCUT2D eigenvalue weighted by molar-refractivity contribution is 7.95. The Morgan fingerprint density at radius 1 is 2.00 bits per heavy atom. The molecule has 0 aromatic carbocycles. The molecular formula is C2H5PS. The highest BCUT2D eigenvalue weighted by Gasteiger charge is 1.25. The van der Waals surface area contributed by atoms with Gasteiger partial charge in [0.1, 0.15) is 0 Å². The molecule has 1 atom stereocenters.